The van der Waals surface area contributed by atoms with Gasteiger partial charge in [0, 0.05) is 0 Å². The van der Waals surface area contributed by atoms with Crippen molar-refractivity contribution in [2.75, 3.05) is 39.6 Å². The summed E-state index contributed by atoms with van der Waals surface area (Å²) in [6.45, 7) is 0.0663. The smallest absolute Gasteiger partial charge is 0.272 e. The molecule has 0 saturated carbocycles. The van der Waals surface area contributed by atoms with Gasteiger partial charge in [0.2, 0.25) is 0 Å². The highest BCUT2D eigenvalue weighted by molar-refractivity contribution is 5.22. The van der Waals surface area contributed by atoms with Crippen LogP contribution in [-0.4, -0.2) is 70.9 Å². The molecule has 0 spiro atoms. The van der Waals surface area contributed by atoms with Gasteiger partial charge in [-0.3, -0.25) is 0 Å². The van der Waals surface area contributed by atoms with Gasteiger partial charge in [-0.1, -0.05) is 54.6 Å². The Morgan fingerprint density at radius 2 is 1.05 bits per heavy atom. The first kappa shape index (κ1) is 26.4. The maximum atomic E-state index is 6.02. The van der Waals surface area contributed by atoms with E-state index in [1.54, 1.807) is 0 Å². The number of ether oxygens (including phenoxy) is 9. The van der Waals surface area contributed by atoms with Crippen molar-refractivity contribution >= 4 is 0 Å². The van der Waals surface area contributed by atoms with Gasteiger partial charge in [0.05, 0.1) is 19.8 Å². The van der Waals surface area contributed by atoms with E-state index in [9.17, 15) is 0 Å². The minimum atomic E-state index is -0.871. The second-order valence-corrected chi connectivity index (χ2v) is 8.72. The van der Waals surface area contributed by atoms with E-state index in [-0.39, 0.29) is 25.4 Å². The Bertz CT molecular complexity index is 1050. The molecule has 9 nitrogen and oxygen atoms in total. The number of hydrogen-bond acceptors (Lipinski definition) is 9. The van der Waals surface area contributed by atoms with Gasteiger partial charge in [0.15, 0.2) is 0 Å². The van der Waals surface area contributed by atoms with Gasteiger partial charge in [0.25, 0.3) is 13.0 Å². The molecule has 0 amide bonds. The SMILES string of the molecule is c1ccc(OCC2COC(OCC(COc3ccccc3)OC3OCC(COc4ccccc4)O3)O2)cc1. The fourth-order valence-electron chi connectivity index (χ4n) is 3.76. The van der Waals surface area contributed by atoms with E-state index in [0.29, 0.717) is 26.4 Å². The van der Waals surface area contributed by atoms with Crippen LogP contribution in [0.1, 0.15) is 0 Å². The molecule has 3 aromatic rings. The van der Waals surface area contributed by atoms with E-state index in [4.69, 9.17) is 42.6 Å². The van der Waals surface area contributed by atoms with Crippen molar-refractivity contribution in [2.45, 2.75) is 31.3 Å². The van der Waals surface area contributed by atoms with Gasteiger partial charge in [-0.25, -0.2) is 0 Å². The zero-order chi connectivity index (χ0) is 25.8. The molecule has 0 aromatic heterocycles. The Kier molecular flexibility index (Phi) is 9.81. The van der Waals surface area contributed by atoms with Crippen LogP contribution in [0.25, 0.3) is 0 Å². The van der Waals surface area contributed by atoms with Crippen molar-refractivity contribution in [3.63, 3.8) is 0 Å². The zero-order valence-electron chi connectivity index (χ0n) is 21.0. The predicted molar refractivity (Wildman–Crippen MR) is 136 cm³/mol. The van der Waals surface area contributed by atoms with Crippen LogP contribution < -0.4 is 14.2 Å². The molecule has 5 atom stereocenters. The summed E-state index contributed by atoms with van der Waals surface area (Å²) < 4.78 is 52.3. The number of hydrogen-bond donors (Lipinski definition) is 0. The molecular formula is C29H32O9. The molecule has 5 rings (SSSR count). The van der Waals surface area contributed by atoms with E-state index in [0.717, 1.165) is 17.2 Å². The number of rotatable bonds is 14. The van der Waals surface area contributed by atoms with Gasteiger partial charge in [-0.15, -0.1) is 0 Å². The molecule has 2 aliphatic heterocycles. The highest BCUT2D eigenvalue weighted by Gasteiger charge is 2.32. The summed E-state index contributed by atoms with van der Waals surface area (Å²) >= 11 is 0. The minimum Gasteiger partial charge on any atom is -0.491 e. The second-order valence-electron chi connectivity index (χ2n) is 8.72. The van der Waals surface area contributed by atoms with E-state index in [1.807, 2.05) is 91.0 Å². The summed E-state index contributed by atoms with van der Waals surface area (Å²) in [7, 11) is 0. The molecule has 0 radical (unpaired) electrons. The average molecular weight is 525 g/mol. The first-order chi connectivity index (χ1) is 18.8. The van der Waals surface area contributed by atoms with Gasteiger partial charge >= 0.3 is 0 Å². The van der Waals surface area contributed by atoms with E-state index < -0.39 is 19.1 Å². The van der Waals surface area contributed by atoms with Crippen LogP contribution in [0.2, 0.25) is 0 Å². The van der Waals surface area contributed by atoms with E-state index >= 15 is 0 Å². The van der Waals surface area contributed by atoms with Crippen molar-refractivity contribution in [2.24, 2.45) is 0 Å². The van der Waals surface area contributed by atoms with Crippen LogP contribution in [0.3, 0.4) is 0 Å². The first-order valence-corrected chi connectivity index (χ1v) is 12.6. The maximum absolute atomic E-state index is 6.02. The Labute approximate surface area is 222 Å². The highest BCUT2D eigenvalue weighted by atomic mass is 16.9. The molecule has 5 unspecified atom stereocenters. The summed E-state index contributed by atoms with van der Waals surface area (Å²) in [6, 6.07) is 28.6. The largest absolute Gasteiger partial charge is 0.491 e. The second kappa shape index (κ2) is 14.1. The lowest BCUT2D eigenvalue weighted by Crippen LogP contribution is -2.34. The van der Waals surface area contributed by atoms with Gasteiger partial charge in [0.1, 0.15) is 55.4 Å². The molecule has 2 aliphatic rings. The van der Waals surface area contributed by atoms with Gasteiger partial charge < -0.3 is 42.6 Å². The van der Waals surface area contributed by atoms with Crippen LogP contribution in [0.5, 0.6) is 17.2 Å². The Morgan fingerprint density at radius 1 is 0.579 bits per heavy atom. The fourth-order valence-corrected chi connectivity index (χ4v) is 3.76. The Morgan fingerprint density at radius 3 is 1.61 bits per heavy atom. The normalized spacial score (nSPS) is 23.7. The molecule has 2 heterocycles. The molecule has 2 fully saturated rings. The van der Waals surface area contributed by atoms with Crippen molar-refractivity contribution in [1.82, 2.24) is 0 Å². The maximum Gasteiger partial charge on any atom is 0.272 e. The Balaban J connectivity index is 1.07. The summed E-state index contributed by atoms with van der Waals surface area (Å²) in [5.74, 6) is 2.26. The standard InChI is InChI=1S/C29H32O9/c1-4-10-22(11-5-1)30-16-25-19-33-28(36-25)34-20-26(17-31-23-12-6-2-7-13-23)37-29-35-21-27(38-29)18-32-24-14-8-3-9-15-24/h1-15,25-29H,16-21H2. The summed E-state index contributed by atoms with van der Waals surface area (Å²) in [4.78, 5) is 0. The lowest BCUT2D eigenvalue weighted by Gasteiger charge is -2.23. The summed E-state index contributed by atoms with van der Waals surface area (Å²) in [5.41, 5.74) is 0. The van der Waals surface area contributed by atoms with Crippen LogP contribution >= 0.6 is 0 Å². The summed E-state index contributed by atoms with van der Waals surface area (Å²) in [6.07, 6.45) is -1.02. The number of para-hydroxylation sites is 3. The lowest BCUT2D eigenvalue weighted by atomic mass is 10.3. The van der Waals surface area contributed by atoms with Crippen molar-refractivity contribution in [1.29, 1.82) is 0 Å². The quantitative estimate of drug-likeness (QED) is 0.310. The average Bonchev–Trinajstić information content (AvgIpc) is 3.63. The van der Waals surface area contributed by atoms with Crippen molar-refractivity contribution < 1.29 is 42.6 Å². The fraction of sp³-hybridized carbons (Fsp3) is 0.379. The van der Waals surface area contributed by atoms with E-state index in [2.05, 4.69) is 0 Å². The van der Waals surface area contributed by atoms with Crippen LogP contribution in [0.15, 0.2) is 91.0 Å². The minimum absolute atomic E-state index is 0.137. The van der Waals surface area contributed by atoms with Crippen LogP contribution in [0.4, 0.5) is 0 Å². The number of benzene rings is 3. The highest BCUT2D eigenvalue weighted by Crippen LogP contribution is 2.20. The van der Waals surface area contributed by atoms with Gasteiger partial charge in [-0.2, -0.15) is 0 Å². The molecule has 9 heteroatoms. The van der Waals surface area contributed by atoms with Crippen molar-refractivity contribution in [3.8, 4) is 17.2 Å². The predicted octanol–water partition coefficient (Wildman–Crippen LogP) is 4.02. The molecule has 0 aliphatic carbocycles. The third-order valence-corrected chi connectivity index (χ3v) is 5.70. The third kappa shape index (κ3) is 8.42. The van der Waals surface area contributed by atoms with Crippen molar-refractivity contribution in [3.05, 3.63) is 91.0 Å². The van der Waals surface area contributed by atoms with Crippen LogP contribution in [-0.2, 0) is 28.4 Å². The topological polar surface area (TPSA) is 83.1 Å². The zero-order valence-corrected chi connectivity index (χ0v) is 21.0. The monoisotopic (exact) mass is 524 g/mol. The molecule has 0 N–H and O–H groups in total. The van der Waals surface area contributed by atoms with Crippen LogP contribution in [0, 0.1) is 0 Å². The summed E-state index contributed by atoms with van der Waals surface area (Å²) in [5, 5.41) is 0. The molecule has 2 saturated heterocycles. The molecular weight excluding hydrogens is 492 g/mol. The van der Waals surface area contributed by atoms with E-state index in [1.165, 1.54) is 0 Å². The molecule has 3 aromatic carbocycles. The third-order valence-electron chi connectivity index (χ3n) is 5.70. The molecule has 38 heavy (non-hydrogen) atoms. The lowest BCUT2D eigenvalue weighted by molar-refractivity contribution is -0.292. The molecule has 202 valence electrons. The first-order valence-electron chi connectivity index (χ1n) is 12.6. The Hall–Kier alpha value is -3.18. The molecule has 0 bridgehead atoms. The van der Waals surface area contributed by atoms with Gasteiger partial charge in [-0.05, 0) is 36.4 Å².